The fraction of sp³-hybridized carbons (Fsp3) is 0.294. The highest BCUT2D eigenvalue weighted by Gasteiger charge is 2.19. The van der Waals surface area contributed by atoms with Crippen LogP contribution in [0.15, 0.2) is 48.8 Å². The van der Waals surface area contributed by atoms with Gasteiger partial charge >= 0.3 is 0 Å². The number of nitrogen functional groups attached to an aromatic ring is 1. The molecule has 114 valence electrons. The number of anilines is 2. The molecule has 22 heavy (non-hydrogen) atoms. The second kappa shape index (κ2) is 6.58. The number of Topliss-reactive ketones (excluding diaryl/α,β-unsaturated/α-hetero) is 1. The third-order valence-corrected chi connectivity index (χ3v) is 4.00. The van der Waals surface area contributed by atoms with Gasteiger partial charge < -0.3 is 10.6 Å². The van der Waals surface area contributed by atoms with Crippen LogP contribution in [0.4, 0.5) is 11.4 Å². The number of hydrogen-bond donors (Lipinski definition) is 1. The number of benzene rings is 1. The van der Waals surface area contributed by atoms with Crippen LogP contribution in [0.1, 0.15) is 10.4 Å². The first-order valence-electron chi connectivity index (χ1n) is 7.48. The maximum Gasteiger partial charge on any atom is 0.176 e. The van der Waals surface area contributed by atoms with Crippen LogP contribution in [0.3, 0.4) is 0 Å². The van der Waals surface area contributed by atoms with Gasteiger partial charge in [-0.3, -0.25) is 14.7 Å². The molecule has 1 aliphatic heterocycles. The van der Waals surface area contributed by atoms with E-state index in [0.717, 1.165) is 31.7 Å². The molecule has 2 N–H and O–H groups in total. The van der Waals surface area contributed by atoms with Gasteiger partial charge in [-0.15, -0.1) is 0 Å². The minimum Gasteiger partial charge on any atom is -0.399 e. The minimum absolute atomic E-state index is 0.150. The number of ketones is 1. The monoisotopic (exact) mass is 296 g/mol. The van der Waals surface area contributed by atoms with E-state index in [4.69, 9.17) is 5.73 Å². The minimum atomic E-state index is 0.150. The zero-order valence-corrected chi connectivity index (χ0v) is 12.5. The van der Waals surface area contributed by atoms with E-state index < -0.39 is 0 Å². The molecule has 1 aliphatic rings. The number of hydrogen-bond acceptors (Lipinski definition) is 5. The van der Waals surface area contributed by atoms with Crippen molar-refractivity contribution in [2.24, 2.45) is 0 Å². The molecular formula is C17H20N4O. The topological polar surface area (TPSA) is 62.5 Å². The number of piperazine rings is 1. The first-order valence-corrected chi connectivity index (χ1v) is 7.48. The summed E-state index contributed by atoms with van der Waals surface area (Å²) in [6.07, 6.45) is 3.62. The molecular weight excluding hydrogens is 276 g/mol. The number of pyridine rings is 1. The maximum atomic E-state index is 12.3. The lowest BCUT2D eigenvalue weighted by molar-refractivity contribution is 0.0926. The van der Waals surface area contributed by atoms with Crippen molar-refractivity contribution in [3.63, 3.8) is 0 Å². The van der Waals surface area contributed by atoms with Gasteiger partial charge in [0.25, 0.3) is 0 Å². The van der Waals surface area contributed by atoms with Crippen LogP contribution >= 0.6 is 0 Å². The fourth-order valence-electron chi connectivity index (χ4n) is 2.68. The summed E-state index contributed by atoms with van der Waals surface area (Å²) in [6, 6.07) is 11.2. The molecule has 1 aromatic heterocycles. The van der Waals surface area contributed by atoms with Crippen LogP contribution in [0.2, 0.25) is 0 Å². The molecule has 0 atom stereocenters. The molecule has 2 aromatic rings. The summed E-state index contributed by atoms with van der Waals surface area (Å²) in [4.78, 5) is 20.8. The molecule has 0 radical (unpaired) electrons. The molecule has 2 heterocycles. The molecule has 1 saturated heterocycles. The molecule has 5 heteroatoms. The van der Waals surface area contributed by atoms with Crippen molar-refractivity contribution in [1.82, 2.24) is 9.88 Å². The van der Waals surface area contributed by atoms with E-state index in [1.807, 2.05) is 24.5 Å². The Hall–Kier alpha value is -2.40. The Morgan fingerprint density at radius 2 is 1.64 bits per heavy atom. The van der Waals surface area contributed by atoms with Crippen molar-refractivity contribution in [1.29, 1.82) is 0 Å². The largest absolute Gasteiger partial charge is 0.399 e. The number of nitrogens with two attached hydrogens (primary N) is 1. The van der Waals surface area contributed by atoms with Crippen LogP contribution in [0.25, 0.3) is 0 Å². The van der Waals surface area contributed by atoms with Crippen molar-refractivity contribution in [2.75, 3.05) is 43.4 Å². The van der Waals surface area contributed by atoms with Crippen molar-refractivity contribution in [3.05, 3.63) is 54.4 Å². The molecule has 1 fully saturated rings. The highest BCUT2D eigenvalue weighted by molar-refractivity contribution is 5.97. The van der Waals surface area contributed by atoms with E-state index in [9.17, 15) is 4.79 Å². The Labute approximate surface area is 130 Å². The summed E-state index contributed by atoms with van der Waals surface area (Å²) in [6.45, 7) is 4.11. The highest BCUT2D eigenvalue weighted by atomic mass is 16.1. The molecule has 0 amide bonds. The lowest BCUT2D eigenvalue weighted by atomic mass is 10.1. The molecule has 0 saturated carbocycles. The van der Waals surface area contributed by atoms with Crippen LogP contribution in [0.5, 0.6) is 0 Å². The molecule has 0 bridgehead atoms. The van der Waals surface area contributed by atoms with Crippen molar-refractivity contribution >= 4 is 17.2 Å². The Morgan fingerprint density at radius 1 is 1.00 bits per heavy atom. The predicted octanol–water partition coefficient (Wildman–Crippen LogP) is 1.67. The lowest BCUT2D eigenvalue weighted by Gasteiger charge is -2.35. The summed E-state index contributed by atoms with van der Waals surface area (Å²) in [5.74, 6) is 0.150. The third kappa shape index (κ3) is 3.43. The zero-order valence-electron chi connectivity index (χ0n) is 12.5. The predicted molar refractivity (Wildman–Crippen MR) is 88.1 cm³/mol. The molecule has 5 nitrogen and oxygen atoms in total. The second-order valence-electron chi connectivity index (χ2n) is 5.51. The maximum absolute atomic E-state index is 12.3. The highest BCUT2D eigenvalue weighted by Crippen LogP contribution is 2.15. The van der Waals surface area contributed by atoms with E-state index in [-0.39, 0.29) is 5.78 Å². The van der Waals surface area contributed by atoms with Crippen molar-refractivity contribution < 1.29 is 4.79 Å². The number of nitrogens with zero attached hydrogens (tertiary/aromatic N) is 3. The summed E-state index contributed by atoms with van der Waals surface area (Å²) in [5, 5.41) is 0. The lowest BCUT2D eigenvalue weighted by Crippen LogP contribution is -2.48. The summed E-state index contributed by atoms with van der Waals surface area (Å²) < 4.78 is 0. The number of carbonyl (C=O) groups excluding carboxylic acids is 1. The molecule has 0 spiro atoms. The van der Waals surface area contributed by atoms with Gasteiger partial charge in [0, 0.05) is 55.5 Å². The SMILES string of the molecule is Nc1ccc(C(=O)CN2CCN(c3ccncc3)CC2)cc1. The van der Waals surface area contributed by atoms with Crippen LogP contribution in [-0.4, -0.2) is 48.4 Å². The van der Waals surface area contributed by atoms with Gasteiger partial charge in [-0.25, -0.2) is 0 Å². The molecule has 1 aromatic carbocycles. The fourth-order valence-corrected chi connectivity index (χ4v) is 2.68. The average molecular weight is 296 g/mol. The van der Waals surface area contributed by atoms with Gasteiger partial charge in [-0.1, -0.05) is 0 Å². The van der Waals surface area contributed by atoms with Crippen LogP contribution in [0, 0.1) is 0 Å². The van der Waals surface area contributed by atoms with Gasteiger partial charge in [-0.05, 0) is 36.4 Å². The van der Waals surface area contributed by atoms with Gasteiger partial charge in [0.2, 0.25) is 0 Å². The Bertz CT molecular complexity index is 619. The summed E-state index contributed by atoms with van der Waals surface area (Å²) in [7, 11) is 0. The smallest absolute Gasteiger partial charge is 0.176 e. The molecule has 0 unspecified atom stereocenters. The summed E-state index contributed by atoms with van der Waals surface area (Å²) in [5.41, 5.74) is 8.25. The zero-order chi connectivity index (χ0) is 15.4. The summed E-state index contributed by atoms with van der Waals surface area (Å²) >= 11 is 0. The van der Waals surface area contributed by atoms with Gasteiger partial charge in [0.1, 0.15) is 0 Å². The first kappa shape index (κ1) is 14.5. The van der Waals surface area contributed by atoms with E-state index in [1.165, 1.54) is 5.69 Å². The first-order chi connectivity index (χ1) is 10.7. The molecule has 3 rings (SSSR count). The Balaban J connectivity index is 1.53. The Morgan fingerprint density at radius 3 is 2.27 bits per heavy atom. The number of carbonyl (C=O) groups is 1. The van der Waals surface area contributed by atoms with E-state index in [2.05, 4.69) is 14.8 Å². The van der Waals surface area contributed by atoms with Crippen LogP contribution in [-0.2, 0) is 0 Å². The average Bonchev–Trinajstić information content (AvgIpc) is 2.57. The molecule has 0 aliphatic carbocycles. The van der Waals surface area contributed by atoms with Crippen molar-refractivity contribution in [2.45, 2.75) is 0 Å². The standard InChI is InChI=1S/C17H20N4O/c18-15-3-1-14(2-4-15)17(22)13-20-9-11-21(12-10-20)16-5-7-19-8-6-16/h1-8H,9-13,18H2. The third-order valence-electron chi connectivity index (χ3n) is 4.00. The van der Waals surface area contributed by atoms with Crippen LogP contribution < -0.4 is 10.6 Å². The van der Waals surface area contributed by atoms with Gasteiger partial charge in [0.05, 0.1) is 6.54 Å². The second-order valence-corrected chi connectivity index (χ2v) is 5.51. The van der Waals surface area contributed by atoms with E-state index >= 15 is 0 Å². The van der Waals surface area contributed by atoms with E-state index in [1.54, 1.807) is 24.3 Å². The number of aromatic nitrogens is 1. The number of rotatable bonds is 4. The van der Waals surface area contributed by atoms with Crippen molar-refractivity contribution in [3.8, 4) is 0 Å². The quantitative estimate of drug-likeness (QED) is 0.687. The Kier molecular flexibility index (Phi) is 4.34. The van der Waals surface area contributed by atoms with Gasteiger partial charge in [0.15, 0.2) is 5.78 Å². The van der Waals surface area contributed by atoms with E-state index in [0.29, 0.717) is 12.2 Å². The van der Waals surface area contributed by atoms with Gasteiger partial charge in [-0.2, -0.15) is 0 Å². The normalized spacial score (nSPS) is 15.7.